The highest BCUT2D eigenvalue weighted by Gasteiger charge is 2.22. The lowest BCUT2D eigenvalue weighted by atomic mass is 10.1. The van der Waals surface area contributed by atoms with Gasteiger partial charge >= 0.3 is 0 Å². The van der Waals surface area contributed by atoms with Gasteiger partial charge in [-0.15, -0.1) is 0 Å². The van der Waals surface area contributed by atoms with Crippen LogP contribution < -0.4 is 4.90 Å². The standard InChI is InChI=1S/C11H13Cl2NO/c12-10-2-1-9(5-11(10)13)14-4-3-8(6-14)7-15/h1-2,5,8,15H,3-4,6-7H2. The Morgan fingerprint density at radius 3 is 2.73 bits per heavy atom. The zero-order valence-electron chi connectivity index (χ0n) is 8.29. The minimum Gasteiger partial charge on any atom is -0.396 e. The fraction of sp³-hybridized carbons (Fsp3) is 0.455. The molecule has 1 heterocycles. The predicted molar refractivity (Wildman–Crippen MR) is 63.9 cm³/mol. The van der Waals surface area contributed by atoms with Crippen LogP contribution in [0.5, 0.6) is 0 Å². The summed E-state index contributed by atoms with van der Waals surface area (Å²) in [6, 6.07) is 5.66. The van der Waals surface area contributed by atoms with Crippen molar-refractivity contribution in [3.05, 3.63) is 28.2 Å². The minimum absolute atomic E-state index is 0.262. The van der Waals surface area contributed by atoms with Crippen molar-refractivity contribution < 1.29 is 5.11 Å². The van der Waals surface area contributed by atoms with Crippen LogP contribution in [0.1, 0.15) is 6.42 Å². The lowest BCUT2D eigenvalue weighted by molar-refractivity contribution is 0.238. The number of rotatable bonds is 2. The van der Waals surface area contributed by atoms with Gasteiger partial charge in [0, 0.05) is 31.3 Å². The number of nitrogens with zero attached hydrogens (tertiary/aromatic N) is 1. The van der Waals surface area contributed by atoms with E-state index in [1.807, 2.05) is 18.2 Å². The first kappa shape index (κ1) is 11.1. The van der Waals surface area contributed by atoms with E-state index in [0.29, 0.717) is 16.0 Å². The van der Waals surface area contributed by atoms with Gasteiger partial charge in [-0.25, -0.2) is 0 Å². The van der Waals surface area contributed by atoms with E-state index in [4.69, 9.17) is 28.3 Å². The van der Waals surface area contributed by atoms with Crippen LogP contribution in [0, 0.1) is 5.92 Å². The molecule has 0 spiro atoms. The first-order valence-corrected chi connectivity index (χ1v) is 5.77. The van der Waals surface area contributed by atoms with Gasteiger partial charge < -0.3 is 10.0 Å². The second-order valence-electron chi connectivity index (χ2n) is 3.88. The molecule has 1 fully saturated rings. The summed E-state index contributed by atoms with van der Waals surface area (Å²) in [4.78, 5) is 2.23. The molecule has 1 aliphatic rings. The van der Waals surface area contributed by atoms with Crippen molar-refractivity contribution in [1.82, 2.24) is 0 Å². The average Bonchev–Trinajstić information content (AvgIpc) is 2.70. The Hall–Kier alpha value is -0.440. The summed E-state index contributed by atoms with van der Waals surface area (Å²) in [5.74, 6) is 0.388. The number of benzene rings is 1. The third kappa shape index (κ3) is 2.39. The molecular weight excluding hydrogens is 233 g/mol. The van der Waals surface area contributed by atoms with E-state index < -0.39 is 0 Å². The van der Waals surface area contributed by atoms with E-state index in [-0.39, 0.29) is 6.61 Å². The molecule has 2 nitrogen and oxygen atoms in total. The molecule has 0 saturated carbocycles. The van der Waals surface area contributed by atoms with Crippen molar-refractivity contribution in [1.29, 1.82) is 0 Å². The Labute approximate surface area is 99.4 Å². The second-order valence-corrected chi connectivity index (χ2v) is 4.70. The van der Waals surface area contributed by atoms with Gasteiger partial charge in [0.1, 0.15) is 0 Å². The Bertz CT molecular complexity index is 356. The van der Waals surface area contributed by atoms with Crippen LogP contribution in [0.4, 0.5) is 5.69 Å². The Morgan fingerprint density at radius 2 is 2.13 bits per heavy atom. The quantitative estimate of drug-likeness (QED) is 0.867. The molecule has 1 aromatic carbocycles. The van der Waals surface area contributed by atoms with E-state index in [1.165, 1.54) is 0 Å². The van der Waals surface area contributed by atoms with Crippen LogP contribution in [0.25, 0.3) is 0 Å². The second kappa shape index (κ2) is 4.60. The minimum atomic E-state index is 0.262. The van der Waals surface area contributed by atoms with E-state index >= 15 is 0 Å². The molecule has 2 rings (SSSR count). The first-order chi connectivity index (χ1) is 7.20. The van der Waals surface area contributed by atoms with Crippen LogP contribution in [-0.2, 0) is 0 Å². The monoisotopic (exact) mass is 245 g/mol. The van der Waals surface area contributed by atoms with Crippen LogP contribution >= 0.6 is 23.2 Å². The third-order valence-corrected chi connectivity index (χ3v) is 3.55. The maximum absolute atomic E-state index is 9.06. The normalized spacial score (nSPS) is 21.0. The summed E-state index contributed by atoms with van der Waals surface area (Å²) in [6.07, 6.45) is 1.04. The van der Waals surface area contributed by atoms with Crippen LogP contribution in [-0.4, -0.2) is 24.8 Å². The number of aliphatic hydroxyl groups excluding tert-OH is 1. The zero-order valence-corrected chi connectivity index (χ0v) is 9.80. The summed E-state index contributed by atoms with van der Waals surface area (Å²) >= 11 is 11.8. The first-order valence-electron chi connectivity index (χ1n) is 5.01. The zero-order chi connectivity index (χ0) is 10.8. The van der Waals surface area contributed by atoms with Gasteiger partial charge in [-0.3, -0.25) is 0 Å². The van der Waals surface area contributed by atoms with Crippen LogP contribution in [0.3, 0.4) is 0 Å². The molecule has 1 aliphatic heterocycles. The van der Waals surface area contributed by atoms with Crippen molar-refractivity contribution >= 4 is 28.9 Å². The van der Waals surface area contributed by atoms with Crippen LogP contribution in [0.2, 0.25) is 10.0 Å². The molecule has 1 aromatic rings. The fourth-order valence-electron chi connectivity index (χ4n) is 1.90. The van der Waals surface area contributed by atoms with Crippen molar-refractivity contribution in [2.45, 2.75) is 6.42 Å². The summed E-state index contributed by atoms with van der Waals surface area (Å²) in [6.45, 7) is 2.13. The van der Waals surface area contributed by atoms with Gasteiger partial charge in [0.15, 0.2) is 0 Å². The summed E-state index contributed by atoms with van der Waals surface area (Å²) < 4.78 is 0. The number of halogens is 2. The lowest BCUT2D eigenvalue weighted by Crippen LogP contribution is -2.20. The average molecular weight is 246 g/mol. The molecular formula is C11H13Cl2NO. The van der Waals surface area contributed by atoms with Gasteiger partial charge in [-0.05, 0) is 24.6 Å². The predicted octanol–water partition coefficient (Wildman–Crippen LogP) is 2.81. The highest BCUT2D eigenvalue weighted by Crippen LogP contribution is 2.30. The number of hydrogen-bond acceptors (Lipinski definition) is 2. The van der Waals surface area contributed by atoms with E-state index in [9.17, 15) is 0 Å². The molecule has 15 heavy (non-hydrogen) atoms. The van der Waals surface area contributed by atoms with Crippen molar-refractivity contribution in [3.63, 3.8) is 0 Å². The van der Waals surface area contributed by atoms with Crippen LogP contribution in [0.15, 0.2) is 18.2 Å². The van der Waals surface area contributed by atoms with E-state index in [2.05, 4.69) is 4.90 Å². The smallest absolute Gasteiger partial charge is 0.0612 e. The highest BCUT2D eigenvalue weighted by molar-refractivity contribution is 6.42. The molecule has 0 radical (unpaired) electrons. The van der Waals surface area contributed by atoms with Gasteiger partial charge in [-0.2, -0.15) is 0 Å². The van der Waals surface area contributed by atoms with Gasteiger partial charge in [-0.1, -0.05) is 23.2 Å². The van der Waals surface area contributed by atoms with E-state index in [0.717, 1.165) is 25.2 Å². The van der Waals surface area contributed by atoms with Gasteiger partial charge in [0.05, 0.1) is 10.0 Å². The summed E-state index contributed by atoms with van der Waals surface area (Å²) in [5.41, 5.74) is 1.08. The SMILES string of the molecule is OCC1CCN(c2ccc(Cl)c(Cl)c2)C1. The third-order valence-electron chi connectivity index (χ3n) is 2.81. The number of aliphatic hydroxyl groups is 1. The molecule has 1 N–H and O–H groups in total. The summed E-state index contributed by atoms with van der Waals surface area (Å²) in [5, 5.41) is 10.2. The molecule has 0 aliphatic carbocycles. The Kier molecular flexibility index (Phi) is 3.39. The lowest BCUT2D eigenvalue weighted by Gasteiger charge is -2.18. The topological polar surface area (TPSA) is 23.5 Å². The molecule has 4 heteroatoms. The van der Waals surface area contributed by atoms with E-state index in [1.54, 1.807) is 0 Å². The molecule has 0 aromatic heterocycles. The Morgan fingerprint density at radius 1 is 1.33 bits per heavy atom. The molecule has 1 unspecified atom stereocenters. The largest absolute Gasteiger partial charge is 0.396 e. The van der Waals surface area contributed by atoms with Crippen molar-refractivity contribution in [3.8, 4) is 0 Å². The Balaban J connectivity index is 2.13. The molecule has 0 amide bonds. The summed E-state index contributed by atoms with van der Waals surface area (Å²) in [7, 11) is 0. The van der Waals surface area contributed by atoms with Crippen molar-refractivity contribution in [2.24, 2.45) is 5.92 Å². The van der Waals surface area contributed by atoms with Gasteiger partial charge in [0.25, 0.3) is 0 Å². The highest BCUT2D eigenvalue weighted by atomic mass is 35.5. The van der Waals surface area contributed by atoms with Crippen molar-refractivity contribution in [2.75, 3.05) is 24.6 Å². The maximum Gasteiger partial charge on any atom is 0.0612 e. The number of hydrogen-bond donors (Lipinski definition) is 1. The molecule has 0 bridgehead atoms. The molecule has 82 valence electrons. The van der Waals surface area contributed by atoms with Gasteiger partial charge in [0.2, 0.25) is 0 Å². The number of anilines is 1. The molecule has 1 saturated heterocycles. The fourth-order valence-corrected chi connectivity index (χ4v) is 2.19. The maximum atomic E-state index is 9.06. The molecule has 1 atom stereocenters.